The molecular weight excluding hydrogens is 444 g/mol. The van der Waals surface area contributed by atoms with Crippen molar-refractivity contribution in [2.45, 2.75) is 53.8 Å². The first kappa shape index (κ1) is 23.7. The lowest BCUT2D eigenvalue weighted by atomic mass is 10.0. The Morgan fingerprint density at radius 3 is 2.50 bits per heavy atom. The highest BCUT2D eigenvalue weighted by molar-refractivity contribution is 6.34. The van der Waals surface area contributed by atoms with Crippen molar-refractivity contribution in [1.29, 1.82) is 0 Å². The molecule has 1 aliphatic rings. The minimum absolute atomic E-state index is 0.00723. The molecule has 0 fully saturated rings. The van der Waals surface area contributed by atoms with Crippen LogP contribution in [0, 0.1) is 19.8 Å². The van der Waals surface area contributed by atoms with Crippen LogP contribution in [0.1, 0.15) is 61.0 Å². The van der Waals surface area contributed by atoms with Crippen LogP contribution in [0.5, 0.6) is 11.5 Å². The van der Waals surface area contributed by atoms with E-state index in [9.17, 15) is 13.6 Å². The molecule has 2 heterocycles. The van der Waals surface area contributed by atoms with Crippen molar-refractivity contribution in [1.82, 2.24) is 10.5 Å². The van der Waals surface area contributed by atoms with Gasteiger partial charge in [-0.1, -0.05) is 37.5 Å². The van der Waals surface area contributed by atoms with Crippen molar-refractivity contribution >= 4 is 23.2 Å². The number of halogens is 3. The van der Waals surface area contributed by atoms with Gasteiger partial charge in [0.15, 0.2) is 11.5 Å². The van der Waals surface area contributed by atoms with Crippen LogP contribution < -0.4 is 14.8 Å². The third-order valence-corrected chi connectivity index (χ3v) is 5.47. The fourth-order valence-electron chi connectivity index (χ4n) is 3.19. The summed E-state index contributed by atoms with van der Waals surface area (Å²) < 4.78 is 40.8. The zero-order valence-electron chi connectivity index (χ0n) is 18.4. The summed E-state index contributed by atoms with van der Waals surface area (Å²) >= 11 is 6.30. The van der Waals surface area contributed by atoms with Crippen LogP contribution in [0.15, 0.2) is 33.5 Å². The van der Waals surface area contributed by atoms with Crippen molar-refractivity contribution in [2.75, 3.05) is 0 Å². The molecule has 1 atom stereocenters. The second-order valence-electron chi connectivity index (χ2n) is 7.42. The SMILES string of the molecule is CCC(=N/C=C(/NC(=O)c1c(C)noc1C)C(C)CC)c1cc2c(cc1Cl)OC(F)(F)O2. The molecule has 0 aliphatic carbocycles. The summed E-state index contributed by atoms with van der Waals surface area (Å²) in [7, 11) is 0. The number of aromatic nitrogens is 1. The van der Waals surface area contributed by atoms with E-state index in [0.29, 0.717) is 40.4 Å². The molecule has 0 saturated carbocycles. The van der Waals surface area contributed by atoms with Crippen molar-refractivity contribution in [3.63, 3.8) is 0 Å². The predicted octanol–water partition coefficient (Wildman–Crippen LogP) is 5.78. The van der Waals surface area contributed by atoms with Crippen molar-refractivity contribution in [3.8, 4) is 11.5 Å². The minimum atomic E-state index is -3.74. The Labute approximate surface area is 189 Å². The summed E-state index contributed by atoms with van der Waals surface area (Å²) in [6.45, 7) is 9.15. The molecule has 3 rings (SSSR count). The lowest BCUT2D eigenvalue weighted by Crippen LogP contribution is -2.27. The maximum atomic E-state index is 13.4. The number of fused-ring (bicyclic) bond motifs is 1. The van der Waals surface area contributed by atoms with Crippen molar-refractivity contribution < 1.29 is 27.6 Å². The molecule has 0 saturated heterocycles. The first-order valence-electron chi connectivity index (χ1n) is 10.2. The van der Waals surface area contributed by atoms with Gasteiger partial charge < -0.3 is 19.3 Å². The second-order valence-corrected chi connectivity index (χ2v) is 7.83. The molecule has 2 aromatic rings. The maximum Gasteiger partial charge on any atom is 0.586 e. The van der Waals surface area contributed by atoms with E-state index in [1.54, 1.807) is 20.0 Å². The predicted molar refractivity (Wildman–Crippen MR) is 115 cm³/mol. The number of alkyl halides is 2. The first-order chi connectivity index (χ1) is 15.1. The Kier molecular flexibility index (Phi) is 6.88. The van der Waals surface area contributed by atoms with Gasteiger partial charge >= 0.3 is 6.29 Å². The molecule has 7 nitrogen and oxygen atoms in total. The largest absolute Gasteiger partial charge is 0.586 e. The van der Waals surface area contributed by atoms with Gasteiger partial charge in [0, 0.05) is 29.2 Å². The van der Waals surface area contributed by atoms with Crippen molar-refractivity contribution in [2.24, 2.45) is 10.9 Å². The average Bonchev–Trinajstić information content (AvgIpc) is 3.22. The number of hydrogen-bond donors (Lipinski definition) is 1. The van der Waals surface area contributed by atoms with Gasteiger partial charge in [-0.25, -0.2) is 0 Å². The fraction of sp³-hybridized carbons (Fsp3) is 0.409. The molecular formula is C22H24ClF2N3O4. The number of carbonyl (C=O) groups is 1. The Hall–Kier alpha value is -2.94. The van der Waals surface area contributed by atoms with Crippen LogP contribution in [0.25, 0.3) is 0 Å². The highest BCUT2D eigenvalue weighted by atomic mass is 35.5. The van der Waals surface area contributed by atoms with Crippen LogP contribution in [0.3, 0.4) is 0 Å². The lowest BCUT2D eigenvalue weighted by molar-refractivity contribution is -0.286. The standard InChI is InChI=1S/C22H24ClF2N3O4/c1-6-11(3)17(27-21(29)20-12(4)28-32-13(20)5)10-26-16(7-2)14-8-18-19(9-15(14)23)31-22(24,25)30-18/h8-11H,6-7H2,1-5H3,(H,27,29)/b17-10+,26-16?. The van der Waals surface area contributed by atoms with E-state index < -0.39 is 6.29 Å². The van der Waals surface area contributed by atoms with Crippen molar-refractivity contribution in [3.05, 3.63) is 51.6 Å². The van der Waals surface area contributed by atoms with Crippen LogP contribution >= 0.6 is 11.6 Å². The summed E-state index contributed by atoms with van der Waals surface area (Å²) in [6, 6.07) is 2.65. The molecule has 1 aliphatic heterocycles. The Balaban J connectivity index is 1.94. The van der Waals surface area contributed by atoms with E-state index in [1.165, 1.54) is 12.1 Å². The molecule has 1 unspecified atom stereocenters. The third-order valence-electron chi connectivity index (χ3n) is 5.16. The van der Waals surface area contributed by atoms with E-state index in [2.05, 4.69) is 24.9 Å². The third kappa shape index (κ3) is 4.93. The van der Waals surface area contributed by atoms with E-state index in [1.807, 2.05) is 20.8 Å². The quantitative estimate of drug-likeness (QED) is 0.521. The van der Waals surface area contributed by atoms with Gasteiger partial charge in [-0.3, -0.25) is 9.79 Å². The summed E-state index contributed by atoms with van der Waals surface area (Å²) in [4.78, 5) is 17.3. The number of aryl methyl sites for hydroxylation is 2. The second kappa shape index (κ2) is 9.28. The smallest absolute Gasteiger partial charge is 0.395 e. The zero-order chi connectivity index (χ0) is 23.6. The number of hydrogen-bond acceptors (Lipinski definition) is 6. The van der Waals surface area contributed by atoms with Crippen LogP contribution in [0.4, 0.5) is 8.78 Å². The molecule has 0 spiro atoms. The van der Waals surface area contributed by atoms with Gasteiger partial charge in [0.25, 0.3) is 5.91 Å². The van der Waals surface area contributed by atoms with Gasteiger partial charge in [0.2, 0.25) is 0 Å². The fourth-order valence-corrected chi connectivity index (χ4v) is 3.46. The summed E-state index contributed by atoms with van der Waals surface area (Å²) in [5.41, 5.74) is 2.42. The van der Waals surface area contributed by atoms with Gasteiger partial charge in [-0.15, -0.1) is 8.78 Å². The molecule has 1 N–H and O–H groups in total. The first-order valence-corrected chi connectivity index (χ1v) is 10.5. The normalized spacial score (nSPS) is 16.2. The monoisotopic (exact) mass is 467 g/mol. The summed E-state index contributed by atoms with van der Waals surface area (Å²) in [5.74, 6) is -0.183. The Morgan fingerprint density at radius 1 is 1.28 bits per heavy atom. The number of benzene rings is 1. The van der Waals surface area contributed by atoms with E-state index in [0.717, 1.165) is 6.42 Å². The van der Waals surface area contributed by atoms with Gasteiger partial charge in [0.1, 0.15) is 11.3 Å². The molecule has 0 radical (unpaired) electrons. The number of nitrogens with one attached hydrogen (secondary N) is 1. The van der Waals surface area contributed by atoms with Gasteiger partial charge in [-0.05, 0) is 38.7 Å². The maximum absolute atomic E-state index is 13.4. The van der Waals surface area contributed by atoms with Gasteiger partial charge in [0.05, 0.1) is 10.7 Å². The average molecular weight is 468 g/mol. The van der Waals surface area contributed by atoms with E-state index in [-0.39, 0.29) is 28.3 Å². The van der Waals surface area contributed by atoms with Crippen LogP contribution in [-0.2, 0) is 0 Å². The van der Waals surface area contributed by atoms with E-state index in [4.69, 9.17) is 16.1 Å². The minimum Gasteiger partial charge on any atom is -0.395 e. The molecule has 1 amide bonds. The number of amides is 1. The molecule has 1 aromatic heterocycles. The molecule has 1 aromatic carbocycles. The highest BCUT2D eigenvalue weighted by Gasteiger charge is 2.44. The highest BCUT2D eigenvalue weighted by Crippen LogP contribution is 2.44. The number of carbonyl (C=O) groups excluding carboxylic acids is 1. The number of aliphatic imine (C=N–C) groups is 1. The van der Waals surface area contributed by atoms with Crippen LogP contribution in [0.2, 0.25) is 5.02 Å². The summed E-state index contributed by atoms with van der Waals surface area (Å²) in [5, 5.41) is 6.90. The molecule has 0 bridgehead atoms. The lowest BCUT2D eigenvalue weighted by Gasteiger charge is -2.15. The number of ether oxygens (including phenoxy) is 2. The Morgan fingerprint density at radius 2 is 1.94 bits per heavy atom. The van der Waals surface area contributed by atoms with Gasteiger partial charge in [-0.2, -0.15) is 0 Å². The zero-order valence-corrected chi connectivity index (χ0v) is 19.1. The Bertz CT molecular complexity index is 1080. The molecule has 172 valence electrons. The van der Waals surface area contributed by atoms with Crippen LogP contribution in [-0.4, -0.2) is 23.1 Å². The summed E-state index contributed by atoms with van der Waals surface area (Å²) in [6.07, 6.45) is -0.971. The number of allylic oxidation sites excluding steroid dienone is 1. The number of nitrogens with zero attached hydrogens (tertiary/aromatic N) is 2. The molecule has 10 heteroatoms. The number of rotatable bonds is 7. The molecule has 32 heavy (non-hydrogen) atoms. The van der Waals surface area contributed by atoms with E-state index >= 15 is 0 Å². The topological polar surface area (TPSA) is 86.0 Å².